The van der Waals surface area contributed by atoms with E-state index in [1.165, 1.54) is 4.98 Å². The van der Waals surface area contributed by atoms with Gasteiger partial charge in [-0.2, -0.15) is 13.2 Å². The second-order valence-corrected chi connectivity index (χ2v) is 2.87. The molecule has 0 aliphatic rings. The summed E-state index contributed by atoms with van der Waals surface area (Å²) in [5.41, 5.74) is -5.01. The Hall–Kier alpha value is -2.00. The van der Waals surface area contributed by atoms with Crippen LogP contribution in [-0.4, -0.2) is 9.91 Å². The fraction of sp³-hybridized carbons (Fsp3) is 0.286. The normalized spacial score (nSPS) is 11.9. The average Bonchev–Trinajstić information content (AvgIpc) is 2.14. The van der Waals surface area contributed by atoms with Gasteiger partial charge in [-0.3, -0.25) is 0 Å². The van der Waals surface area contributed by atoms with Crippen LogP contribution in [0.25, 0.3) is 0 Å². The molecule has 5 nitrogen and oxygen atoms in total. The second kappa shape index (κ2) is 4.11. The van der Waals surface area contributed by atoms with Crippen molar-refractivity contribution in [1.29, 1.82) is 0 Å². The van der Waals surface area contributed by atoms with Gasteiger partial charge < -0.3 is 10.1 Å². The van der Waals surface area contributed by atoms with Gasteiger partial charge in [0, 0.05) is 0 Å². The quantitative estimate of drug-likeness (QED) is 0.502. The molecule has 0 saturated heterocycles. The summed E-state index contributed by atoms with van der Waals surface area (Å²) in [6.45, 7) is 0. The molecule has 0 radical (unpaired) electrons. The van der Waals surface area contributed by atoms with Gasteiger partial charge in [-0.1, -0.05) is 0 Å². The van der Waals surface area contributed by atoms with E-state index in [0.717, 1.165) is 0 Å². The van der Waals surface area contributed by atoms with Crippen LogP contribution in [0.1, 0.15) is 17.6 Å². The topological polar surface area (TPSA) is 76.0 Å². The van der Waals surface area contributed by atoms with E-state index < -0.39 is 40.0 Å². The third-order valence-electron chi connectivity index (χ3n) is 1.77. The van der Waals surface area contributed by atoms with E-state index >= 15 is 0 Å². The number of hydrogen-bond donors (Lipinski definition) is 1. The van der Waals surface area contributed by atoms with Crippen molar-refractivity contribution >= 4 is 5.82 Å². The Morgan fingerprint density at radius 2 is 1.88 bits per heavy atom. The van der Waals surface area contributed by atoms with Crippen LogP contribution < -0.4 is 5.56 Å². The van der Waals surface area contributed by atoms with Crippen LogP contribution in [0.2, 0.25) is 0 Å². The van der Waals surface area contributed by atoms with Crippen molar-refractivity contribution < 1.29 is 26.9 Å². The first-order chi connectivity index (χ1) is 7.64. The highest BCUT2D eigenvalue weighted by molar-refractivity contribution is 5.37. The maximum absolute atomic E-state index is 12.3. The first-order valence-corrected chi connectivity index (χ1v) is 3.91. The zero-order chi connectivity index (χ0) is 13.4. The highest BCUT2D eigenvalue weighted by Crippen LogP contribution is 2.35. The number of nitrogens with one attached hydrogen (secondary N) is 1. The van der Waals surface area contributed by atoms with Crippen LogP contribution in [0.15, 0.2) is 10.9 Å². The Labute approximate surface area is 89.0 Å². The summed E-state index contributed by atoms with van der Waals surface area (Å²) in [5.74, 6) is -1.66. The molecular formula is C7H3F5N2O3. The van der Waals surface area contributed by atoms with E-state index in [9.17, 15) is 36.9 Å². The van der Waals surface area contributed by atoms with Gasteiger partial charge in [-0.15, -0.1) is 0 Å². The second-order valence-electron chi connectivity index (χ2n) is 2.87. The molecule has 1 N–H and O–H groups in total. The first kappa shape index (κ1) is 13.1. The molecule has 17 heavy (non-hydrogen) atoms. The standard InChI is InChI=1S/C7H3F5N2O3/c8-4(9)2-1-3(7(10,11)12)5(14(16)17)13-6(2)15/h1,4H,(H,13,15). The Bertz CT molecular complexity index is 507. The summed E-state index contributed by atoms with van der Waals surface area (Å²) in [5, 5.41) is 10.2. The van der Waals surface area contributed by atoms with Crippen molar-refractivity contribution in [2.24, 2.45) is 0 Å². The predicted octanol–water partition coefficient (Wildman–Crippen LogP) is 2.24. The third-order valence-corrected chi connectivity index (χ3v) is 1.77. The summed E-state index contributed by atoms with van der Waals surface area (Å²) in [4.78, 5) is 20.8. The van der Waals surface area contributed by atoms with E-state index in [2.05, 4.69) is 0 Å². The molecule has 1 rings (SSSR count). The number of nitrogens with zero attached hydrogens (tertiary/aromatic N) is 1. The lowest BCUT2D eigenvalue weighted by molar-refractivity contribution is -0.393. The number of halogens is 5. The lowest BCUT2D eigenvalue weighted by Crippen LogP contribution is -2.20. The zero-order valence-corrected chi connectivity index (χ0v) is 7.72. The van der Waals surface area contributed by atoms with Gasteiger partial charge >= 0.3 is 17.6 Å². The molecule has 0 aromatic carbocycles. The molecule has 0 unspecified atom stereocenters. The maximum atomic E-state index is 12.3. The molecular weight excluding hydrogens is 255 g/mol. The minimum absolute atomic E-state index is 0.221. The Kier molecular flexibility index (Phi) is 3.16. The van der Waals surface area contributed by atoms with Crippen LogP contribution in [0, 0.1) is 10.1 Å². The van der Waals surface area contributed by atoms with E-state index in [1.54, 1.807) is 0 Å². The van der Waals surface area contributed by atoms with Gasteiger partial charge in [0.15, 0.2) is 0 Å². The van der Waals surface area contributed by atoms with Crippen LogP contribution in [0.3, 0.4) is 0 Å². The van der Waals surface area contributed by atoms with Crippen molar-refractivity contribution in [3.63, 3.8) is 0 Å². The van der Waals surface area contributed by atoms with Crippen LogP contribution in [0.4, 0.5) is 27.8 Å². The Morgan fingerprint density at radius 1 is 1.35 bits per heavy atom. The van der Waals surface area contributed by atoms with Crippen LogP contribution >= 0.6 is 0 Å². The number of nitro groups is 1. The van der Waals surface area contributed by atoms with Gasteiger partial charge in [0.2, 0.25) is 0 Å². The van der Waals surface area contributed by atoms with E-state index in [4.69, 9.17) is 0 Å². The molecule has 0 spiro atoms. The SMILES string of the molecule is O=c1[nH]c([N+](=O)[O-])c(C(F)(F)F)cc1C(F)F. The Balaban J connectivity index is 3.60. The molecule has 0 aliphatic heterocycles. The van der Waals surface area contributed by atoms with Crippen molar-refractivity contribution in [1.82, 2.24) is 4.98 Å². The van der Waals surface area contributed by atoms with Gasteiger partial charge in [0.25, 0.3) is 6.43 Å². The minimum atomic E-state index is -5.21. The molecule has 0 atom stereocenters. The maximum Gasteiger partial charge on any atom is 0.424 e. The molecule has 1 aromatic rings. The van der Waals surface area contributed by atoms with Crippen LogP contribution in [0.5, 0.6) is 0 Å². The number of rotatable bonds is 2. The summed E-state index contributed by atoms with van der Waals surface area (Å²) in [6.07, 6.45) is -8.67. The largest absolute Gasteiger partial charge is 0.424 e. The smallest absolute Gasteiger partial charge is 0.358 e. The molecule has 94 valence electrons. The van der Waals surface area contributed by atoms with Crippen molar-refractivity contribution in [3.8, 4) is 0 Å². The van der Waals surface area contributed by atoms with E-state index in [1.807, 2.05) is 0 Å². The molecule has 0 fully saturated rings. The molecule has 0 amide bonds. The number of aromatic nitrogens is 1. The van der Waals surface area contributed by atoms with Crippen molar-refractivity contribution in [2.45, 2.75) is 12.6 Å². The molecule has 1 heterocycles. The molecule has 1 aromatic heterocycles. The highest BCUT2D eigenvalue weighted by atomic mass is 19.4. The summed E-state index contributed by atoms with van der Waals surface area (Å²) in [7, 11) is 0. The molecule has 0 bridgehead atoms. The summed E-state index contributed by atoms with van der Waals surface area (Å²) < 4.78 is 61.3. The number of pyridine rings is 1. The lowest BCUT2D eigenvalue weighted by Gasteiger charge is -2.08. The van der Waals surface area contributed by atoms with Crippen molar-refractivity contribution in [3.05, 3.63) is 37.7 Å². The zero-order valence-electron chi connectivity index (χ0n) is 7.72. The molecule has 10 heteroatoms. The number of alkyl halides is 5. The fourth-order valence-electron chi connectivity index (χ4n) is 1.06. The first-order valence-electron chi connectivity index (χ1n) is 3.91. The van der Waals surface area contributed by atoms with Gasteiger partial charge in [-0.25, -0.2) is 18.6 Å². The Morgan fingerprint density at radius 3 is 2.24 bits per heavy atom. The van der Waals surface area contributed by atoms with E-state index in [-0.39, 0.29) is 6.07 Å². The van der Waals surface area contributed by atoms with Gasteiger partial charge in [-0.05, 0) is 11.0 Å². The predicted molar refractivity (Wildman–Crippen MR) is 43.7 cm³/mol. The summed E-state index contributed by atoms with van der Waals surface area (Å²) in [6, 6.07) is -0.221. The monoisotopic (exact) mass is 258 g/mol. The van der Waals surface area contributed by atoms with E-state index in [0.29, 0.717) is 0 Å². The third kappa shape index (κ3) is 2.57. The fourth-order valence-corrected chi connectivity index (χ4v) is 1.06. The summed E-state index contributed by atoms with van der Waals surface area (Å²) >= 11 is 0. The molecule has 0 saturated carbocycles. The number of hydrogen-bond acceptors (Lipinski definition) is 3. The average molecular weight is 258 g/mol. The lowest BCUT2D eigenvalue weighted by atomic mass is 10.2. The molecule has 0 aliphatic carbocycles. The van der Waals surface area contributed by atoms with Crippen LogP contribution in [-0.2, 0) is 6.18 Å². The highest BCUT2D eigenvalue weighted by Gasteiger charge is 2.40. The minimum Gasteiger partial charge on any atom is -0.358 e. The number of H-pyrrole nitrogens is 1. The van der Waals surface area contributed by atoms with Crippen molar-refractivity contribution in [2.75, 3.05) is 0 Å². The number of aromatic amines is 1. The van der Waals surface area contributed by atoms with Gasteiger partial charge in [0.05, 0.1) is 0 Å². The van der Waals surface area contributed by atoms with Gasteiger partial charge in [0.1, 0.15) is 11.1 Å².